The van der Waals surface area contributed by atoms with Crippen molar-refractivity contribution in [3.8, 4) is 0 Å². The van der Waals surface area contributed by atoms with Crippen molar-refractivity contribution >= 4 is 17.8 Å². The molecule has 3 heterocycles. The Morgan fingerprint density at radius 3 is 2.94 bits per heavy atom. The fourth-order valence-electron chi connectivity index (χ4n) is 3.79. The van der Waals surface area contributed by atoms with Crippen molar-refractivity contribution in [2.24, 2.45) is 0 Å². The highest BCUT2D eigenvalue weighted by Crippen LogP contribution is 2.18. The maximum absolute atomic E-state index is 13.9. The molecule has 32 heavy (non-hydrogen) atoms. The molecule has 1 amide bonds. The molecule has 2 aliphatic heterocycles. The van der Waals surface area contributed by atoms with Crippen LogP contribution in [0.4, 0.5) is 10.2 Å². The number of aromatic nitrogens is 2. The lowest BCUT2D eigenvalue weighted by molar-refractivity contribution is -0.198. The molecule has 1 unspecified atom stereocenters. The van der Waals surface area contributed by atoms with Crippen molar-refractivity contribution < 1.29 is 18.8 Å². The lowest BCUT2D eigenvalue weighted by Gasteiger charge is -2.21. The summed E-state index contributed by atoms with van der Waals surface area (Å²) in [5.74, 6) is 0.118. The minimum absolute atomic E-state index is 0.166. The van der Waals surface area contributed by atoms with E-state index < -0.39 is 0 Å². The molecule has 0 bridgehead atoms. The van der Waals surface area contributed by atoms with E-state index in [0.29, 0.717) is 30.2 Å². The van der Waals surface area contributed by atoms with Crippen LogP contribution in [-0.4, -0.2) is 52.8 Å². The van der Waals surface area contributed by atoms with Crippen molar-refractivity contribution in [3.05, 3.63) is 59.8 Å². The fourth-order valence-corrected chi connectivity index (χ4v) is 3.79. The molecule has 2 fully saturated rings. The highest BCUT2D eigenvalue weighted by Gasteiger charge is 2.23. The maximum Gasteiger partial charge on any atom is 0.267 e. The second-order valence-electron chi connectivity index (χ2n) is 8.00. The average Bonchev–Trinajstić information content (AvgIpc) is 3.26. The van der Waals surface area contributed by atoms with Gasteiger partial charge in [0.25, 0.3) is 5.91 Å². The number of hydrogen-bond donors (Lipinski definition) is 2. The summed E-state index contributed by atoms with van der Waals surface area (Å²) in [5.41, 5.74) is 3.64. The van der Waals surface area contributed by atoms with Gasteiger partial charge in [-0.3, -0.25) is 14.7 Å². The predicted octanol–water partition coefficient (Wildman–Crippen LogP) is 2.89. The van der Waals surface area contributed by atoms with Crippen molar-refractivity contribution in [3.63, 3.8) is 0 Å². The van der Waals surface area contributed by atoms with E-state index in [2.05, 4.69) is 25.7 Å². The zero-order valence-corrected chi connectivity index (χ0v) is 17.9. The number of rotatable bonds is 8. The molecule has 0 spiro atoms. The van der Waals surface area contributed by atoms with E-state index in [-0.39, 0.29) is 24.1 Å². The monoisotopic (exact) mass is 441 g/mol. The molecule has 170 valence electrons. The number of halogens is 1. The topological polar surface area (TPSA) is 88.6 Å². The summed E-state index contributed by atoms with van der Waals surface area (Å²) in [4.78, 5) is 28.0. The second-order valence-corrected chi connectivity index (χ2v) is 8.00. The van der Waals surface area contributed by atoms with Gasteiger partial charge in [-0.15, -0.1) is 0 Å². The van der Waals surface area contributed by atoms with Gasteiger partial charge < -0.3 is 10.1 Å². The summed E-state index contributed by atoms with van der Waals surface area (Å²) in [6.45, 7) is 2.95. The van der Waals surface area contributed by atoms with Crippen LogP contribution >= 0.6 is 0 Å². The summed E-state index contributed by atoms with van der Waals surface area (Å²) in [7, 11) is 0. The Morgan fingerprint density at radius 1 is 1.25 bits per heavy atom. The number of carbonyl (C=O) groups is 1. The largest absolute Gasteiger partial charge is 0.365 e. The number of benzene rings is 1. The number of likely N-dealkylation sites (tertiary alicyclic amines) is 1. The molecule has 2 aliphatic rings. The van der Waals surface area contributed by atoms with Crippen LogP contribution in [-0.2, 0) is 20.9 Å². The molecule has 0 radical (unpaired) electrons. The quantitative estimate of drug-likeness (QED) is 0.481. The molecule has 2 N–H and O–H groups in total. The fraction of sp³-hybridized carbons (Fsp3) is 0.435. The van der Waals surface area contributed by atoms with Crippen LogP contribution in [0.5, 0.6) is 0 Å². The van der Waals surface area contributed by atoms with E-state index in [4.69, 9.17) is 9.57 Å². The van der Waals surface area contributed by atoms with E-state index in [1.54, 1.807) is 24.5 Å². The molecule has 4 rings (SSSR count). The zero-order chi connectivity index (χ0) is 22.2. The van der Waals surface area contributed by atoms with E-state index in [1.165, 1.54) is 12.1 Å². The molecule has 1 aromatic heterocycles. The molecule has 2 saturated heterocycles. The number of hydrogen-bond acceptors (Lipinski definition) is 7. The SMILES string of the molecule is O=C(C=Cc1cnc(N[C@@H]2CCN(Cc3ccccc3F)C2)cn1)NOC1CCCCO1. The molecular weight excluding hydrogens is 413 g/mol. The Balaban J connectivity index is 1.20. The molecule has 9 heteroatoms. The smallest absolute Gasteiger partial charge is 0.267 e. The third kappa shape index (κ3) is 6.56. The van der Waals surface area contributed by atoms with Gasteiger partial charge in [-0.1, -0.05) is 18.2 Å². The zero-order valence-electron chi connectivity index (χ0n) is 17.9. The Kier molecular flexibility index (Phi) is 7.76. The number of carbonyl (C=O) groups excluding carboxylic acids is 1. The van der Waals surface area contributed by atoms with E-state index >= 15 is 0 Å². The molecule has 0 aliphatic carbocycles. The lowest BCUT2D eigenvalue weighted by atomic mass is 10.2. The number of nitrogens with one attached hydrogen (secondary N) is 2. The van der Waals surface area contributed by atoms with E-state index in [1.807, 2.05) is 12.1 Å². The Morgan fingerprint density at radius 2 is 2.16 bits per heavy atom. The average molecular weight is 442 g/mol. The van der Waals surface area contributed by atoms with Crippen molar-refractivity contribution in [2.45, 2.75) is 44.6 Å². The summed E-state index contributed by atoms with van der Waals surface area (Å²) in [6, 6.07) is 7.11. The van der Waals surface area contributed by atoms with Gasteiger partial charge in [-0.05, 0) is 31.4 Å². The van der Waals surface area contributed by atoms with Crippen LogP contribution < -0.4 is 10.8 Å². The van der Waals surface area contributed by atoms with Gasteiger partial charge in [0.15, 0.2) is 6.29 Å². The third-order valence-electron chi connectivity index (χ3n) is 5.48. The Bertz CT molecular complexity index is 918. The van der Waals surface area contributed by atoms with Crippen LogP contribution in [0.3, 0.4) is 0 Å². The van der Waals surface area contributed by atoms with Crippen LogP contribution in [0, 0.1) is 5.82 Å². The van der Waals surface area contributed by atoms with Crippen molar-refractivity contribution in [1.29, 1.82) is 0 Å². The van der Waals surface area contributed by atoms with Gasteiger partial charge in [0.05, 0.1) is 18.1 Å². The van der Waals surface area contributed by atoms with Gasteiger partial charge in [0, 0.05) is 50.3 Å². The van der Waals surface area contributed by atoms with Crippen LogP contribution in [0.2, 0.25) is 0 Å². The van der Waals surface area contributed by atoms with Gasteiger partial charge in [-0.2, -0.15) is 0 Å². The summed E-state index contributed by atoms with van der Waals surface area (Å²) in [6.07, 6.45) is 9.53. The minimum atomic E-state index is -0.385. The molecule has 1 aromatic carbocycles. The van der Waals surface area contributed by atoms with Gasteiger partial charge in [0.2, 0.25) is 0 Å². The molecular formula is C23H28FN5O3. The summed E-state index contributed by atoms with van der Waals surface area (Å²) < 4.78 is 19.3. The summed E-state index contributed by atoms with van der Waals surface area (Å²) in [5, 5.41) is 3.37. The predicted molar refractivity (Wildman–Crippen MR) is 118 cm³/mol. The van der Waals surface area contributed by atoms with E-state index in [9.17, 15) is 9.18 Å². The first-order chi connectivity index (χ1) is 15.7. The molecule has 8 nitrogen and oxygen atoms in total. The standard InChI is InChI=1S/C23H28FN5O3/c24-20-6-2-1-5-17(20)15-29-11-10-19(16-29)27-21-14-25-18(13-26-21)8-9-22(30)28-32-23-7-3-4-12-31-23/h1-2,5-6,8-9,13-14,19,23H,3-4,7,10-12,15-16H2,(H,26,27)(H,28,30)/t19-,23?/m1/s1. The number of ether oxygens (including phenoxy) is 1. The van der Waals surface area contributed by atoms with Crippen LogP contribution in [0.15, 0.2) is 42.7 Å². The summed E-state index contributed by atoms with van der Waals surface area (Å²) >= 11 is 0. The lowest BCUT2D eigenvalue weighted by Crippen LogP contribution is -2.32. The normalized spacial score (nSPS) is 21.7. The highest BCUT2D eigenvalue weighted by molar-refractivity contribution is 5.90. The van der Waals surface area contributed by atoms with Gasteiger partial charge >= 0.3 is 0 Å². The molecule has 2 aromatic rings. The number of amides is 1. The van der Waals surface area contributed by atoms with Gasteiger partial charge in [0.1, 0.15) is 11.6 Å². The molecule has 2 atom stereocenters. The van der Waals surface area contributed by atoms with Crippen LogP contribution in [0.1, 0.15) is 36.9 Å². The Hall–Kier alpha value is -2.88. The van der Waals surface area contributed by atoms with E-state index in [0.717, 1.165) is 38.8 Å². The molecule has 0 saturated carbocycles. The minimum Gasteiger partial charge on any atom is -0.365 e. The first kappa shape index (κ1) is 22.3. The maximum atomic E-state index is 13.9. The number of anilines is 1. The first-order valence-corrected chi connectivity index (χ1v) is 11.0. The first-order valence-electron chi connectivity index (χ1n) is 11.0. The van der Waals surface area contributed by atoms with Gasteiger partial charge in [-0.25, -0.2) is 19.7 Å². The second kappa shape index (κ2) is 11.1. The third-order valence-corrected chi connectivity index (χ3v) is 5.48. The van der Waals surface area contributed by atoms with Crippen molar-refractivity contribution in [2.75, 3.05) is 25.0 Å². The van der Waals surface area contributed by atoms with Crippen molar-refractivity contribution in [1.82, 2.24) is 20.3 Å². The van der Waals surface area contributed by atoms with Crippen LogP contribution in [0.25, 0.3) is 6.08 Å². The highest BCUT2D eigenvalue weighted by atomic mass is 19.1. The number of hydroxylamine groups is 1. The number of nitrogens with zero attached hydrogens (tertiary/aromatic N) is 3. The Labute approximate surface area is 186 Å².